The normalized spacial score (nSPS) is 10.4. The van der Waals surface area contributed by atoms with Crippen LogP contribution in [0.4, 0.5) is 8.78 Å². The lowest BCUT2D eigenvalue weighted by Gasteiger charge is -2.14. The average molecular weight is 236 g/mol. The number of hydrogen-bond acceptors (Lipinski definition) is 2. The second kappa shape index (κ2) is 5.05. The van der Waals surface area contributed by atoms with E-state index in [1.54, 1.807) is 19.9 Å². The standard InChI is InChI=1S/C13H14F2N2/c1-5-7(2)11-9(4)8(3)10(6-16)12(17-11)13(14)15/h13H,2,5H2,1,3-4H3. The quantitative estimate of drug-likeness (QED) is 0.797. The summed E-state index contributed by atoms with van der Waals surface area (Å²) >= 11 is 0. The average Bonchev–Trinajstić information content (AvgIpc) is 2.30. The second-order valence-electron chi connectivity index (χ2n) is 3.84. The van der Waals surface area contributed by atoms with Gasteiger partial charge in [-0.3, -0.25) is 0 Å². The van der Waals surface area contributed by atoms with Gasteiger partial charge in [-0.15, -0.1) is 0 Å². The maximum Gasteiger partial charge on any atom is 0.281 e. The van der Waals surface area contributed by atoms with Crippen LogP contribution in [0, 0.1) is 25.2 Å². The lowest BCUT2D eigenvalue weighted by molar-refractivity contribution is 0.145. The number of rotatable bonds is 3. The minimum atomic E-state index is -2.74. The molecule has 0 aliphatic rings. The fraction of sp³-hybridized carbons (Fsp3) is 0.385. The summed E-state index contributed by atoms with van der Waals surface area (Å²) in [4.78, 5) is 3.90. The minimum absolute atomic E-state index is 0.0230. The highest BCUT2D eigenvalue weighted by molar-refractivity contribution is 5.65. The van der Waals surface area contributed by atoms with Crippen LogP contribution in [0.15, 0.2) is 6.58 Å². The van der Waals surface area contributed by atoms with Crippen molar-refractivity contribution in [2.45, 2.75) is 33.6 Å². The summed E-state index contributed by atoms with van der Waals surface area (Å²) in [6, 6.07) is 1.80. The summed E-state index contributed by atoms with van der Waals surface area (Å²) in [6.45, 7) is 9.13. The molecule has 0 aliphatic heterocycles. The van der Waals surface area contributed by atoms with E-state index in [0.29, 0.717) is 23.3 Å². The topological polar surface area (TPSA) is 36.7 Å². The van der Waals surface area contributed by atoms with Gasteiger partial charge in [0, 0.05) is 0 Å². The third-order valence-electron chi connectivity index (χ3n) is 2.86. The van der Waals surface area contributed by atoms with Crippen LogP contribution in [0.25, 0.3) is 5.57 Å². The van der Waals surface area contributed by atoms with Crippen molar-refractivity contribution in [2.75, 3.05) is 0 Å². The third kappa shape index (κ3) is 2.33. The van der Waals surface area contributed by atoms with Gasteiger partial charge < -0.3 is 0 Å². The fourth-order valence-electron chi connectivity index (χ4n) is 1.63. The minimum Gasteiger partial charge on any atom is -0.245 e. The number of aromatic nitrogens is 1. The molecule has 0 radical (unpaired) electrons. The van der Waals surface area contributed by atoms with Gasteiger partial charge in [-0.2, -0.15) is 5.26 Å². The fourth-order valence-corrected chi connectivity index (χ4v) is 1.63. The summed E-state index contributed by atoms with van der Waals surface area (Å²) in [5.41, 5.74) is 2.03. The molecule has 0 spiro atoms. The van der Waals surface area contributed by atoms with E-state index in [-0.39, 0.29) is 5.56 Å². The van der Waals surface area contributed by atoms with Crippen molar-refractivity contribution in [1.29, 1.82) is 5.26 Å². The van der Waals surface area contributed by atoms with E-state index >= 15 is 0 Å². The molecule has 1 rings (SSSR count). The zero-order chi connectivity index (χ0) is 13.2. The number of halogens is 2. The Kier molecular flexibility index (Phi) is 3.95. The first kappa shape index (κ1) is 13.3. The predicted molar refractivity (Wildman–Crippen MR) is 62.7 cm³/mol. The smallest absolute Gasteiger partial charge is 0.245 e. The zero-order valence-corrected chi connectivity index (χ0v) is 10.1. The first-order valence-electron chi connectivity index (χ1n) is 5.31. The first-order valence-corrected chi connectivity index (χ1v) is 5.31. The van der Waals surface area contributed by atoms with E-state index in [0.717, 1.165) is 5.56 Å². The Labute approximate surface area is 99.6 Å². The molecule has 17 heavy (non-hydrogen) atoms. The Balaban J connectivity index is 3.59. The molecule has 0 N–H and O–H groups in total. The Bertz CT molecular complexity index is 499. The summed E-state index contributed by atoms with van der Waals surface area (Å²) in [5, 5.41) is 8.91. The predicted octanol–water partition coefficient (Wildman–Crippen LogP) is 3.93. The van der Waals surface area contributed by atoms with E-state index in [2.05, 4.69) is 11.6 Å². The number of pyridine rings is 1. The number of allylic oxidation sites excluding steroid dienone is 1. The molecule has 1 aromatic heterocycles. The maximum atomic E-state index is 12.8. The monoisotopic (exact) mass is 236 g/mol. The molecule has 0 aliphatic carbocycles. The van der Waals surface area contributed by atoms with Crippen molar-refractivity contribution >= 4 is 5.57 Å². The van der Waals surface area contributed by atoms with Gasteiger partial charge in [-0.05, 0) is 37.0 Å². The number of nitrogens with zero attached hydrogens (tertiary/aromatic N) is 2. The largest absolute Gasteiger partial charge is 0.281 e. The molecule has 0 atom stereocenters. The number of hydrogen-bond donors (Lipinski definition) is 0. The Hall–Kier alpha value is -1.76. The van der Waals surface area contributed by atoms with Crippen LogP contribution in [0.2, 0.25) is 0 Å². The van der Waals surface area contributed by atoms with Gasteiger partial charge in [0.2, 0.25) is 0 Å². The van der Waals surface area contributed by atoms with Gasteiger partial charge in [-0.1, -0.05) is 13.5 Å². The number of nitriles is 1. The second-order valence-corrected chi connectivity index (χ2v) is 3.84. The molecule has 0 aromatic carbocycles. The van der Waals surface area contributed by atoms with Crippen molar-refractivity contribution in [1.82, 2.24) is 4.98 Å². The van der Waals surface area contributed by atoms with Crippen LogP contribution in [0.5, 0.6) is 0 Å². The lowest BCUT2D eigenvalue weighted by atomic mass is 9.97. The zero-order valence-electron chi connectivity index (χ0n) is 10.1. The van der Waals surface area contributed by atoms with Crippen LogP contribution in [0.3, 0.4) is 0 Å². The summed E-state index contributed by atoms with van der Waals surface area (Å²) in [7, 11) is 0. The molecule has 1 aromatic rings. The molecule has 4 heteroatoms. The van der Waals surface area contributed by atoms with Crippen LogP contribution < -0.4 is 0 Å². The van der Waals surface area contributed by atoms with E-state index in [1.807, 2.05) is 6.92 Å². The first-order chi connectivity index (χ1) is 7.93. The van der Waals surface area contributed by atoms with Gasteiger partial charge in [0.1, 0.15) is 11.8 Å². The Morgan fingerprint density at radius 2 is 2.00 bits per heavy atom. The molecular weight excluding hydrogens is 222 g/mol. The summed E-state index contributed by atoms with van der Waals surface area (Å²) in [6.07, 6.45) is -2.10. The van der Waals surface area contributed by atoms with Crippen LogP contribution in [0.1, 0.15) is 47.8 Å². The highest BCUT2D eigenvalue weighted by Gasteiger charge is 2.21. The molecular formula is C13H14F2N2. The van der Waals surface area contributed by atoms with Crippen molar-refractivity contribution in [3.8, 4) is 6.07 Å². The third-order valence-corrected chi connectivity index (χ3v) is 2.86. The molecule has 1 heterocycles. The Morgan fingerprint density at radius 3 is 2.41 bits per heavy atom. The highest BCUT2D eigenvalue weighted by atomic mass is 19.3. The van der Waals surface area contributed by atoms with Crippen molar-refractivity contribution in [3.63, 3.8) is 0 Å². The van der Waals surface area contributed by atoms with Crippen molar-refractivity contribution in [2.24, 2.45) is 0 Å². The van der Waals surface area contributed by atoms with Gasteiger partial charge in [0.15, 0.2) is 0 Å². The lowest BCUT2D eigenvalue weighted by Crippen LogP contribution is -2.05. The van der Waals surface area contributed by atoms with E-state index in [1.165, 1.54) is 0 Å². The SMILES string of the molecule is C=C(CC)c1nc(C(F)F)c(C#N)c(C)c1C. The van der Waals surface area contributed by atoms with Gasteiger partial charge in [0.05, 0.1) is 11.3 Å². The van der Waals surface area contributed by atoms with Crippen LogP contribution in [-0.2, 0) is 0 Å². The van der Waals surface area contributed by atoms with Crippen LogP contribution >= 0.6 is 0 Å². The van der Waals surface area contributed by atoms with Crippen molar-refractivity contribution in [3.05, 3.63) is 34.7 Å². The van der Waals surface area contributed by atoms with E-state index in [9.17, 15) is 8.78 Å². The molecule has 0 bridgehead atoms. The van der Waals surface area contributed by atoms with E-state index < -0.39 is 12.1 Å². The van der Waals surface area contributed by atoms with Gasteiger partial charge >= 0.3 is 0 Å². The van der Waals surface area contributed by atoms with Gasteiger partial charge in [0.25, 0.3) is 6.43 Å². The molecule has 0 unspecified atom stereocenters. The molecule has 2 nitrogen and oxygen atoms in total. The highest BCUT2D eigenvalue weighted by Crippen LogP contribution is 2.29. The maximum absolute atomic E-state index is 12.8. The van der Waals surface area contributed by atoms with E-state index in [4.69, 9.17) is 5.26 Å². The number of alkyl halides is 2. The van der Waals surface area contributed by atoms with Gasteiger partial charge in [-0.25, -0.2) is 13.8 Å². The van der Waals surface area contributed by atoms with Crippen LogP contribution in [-0.4, -0.2) is 4.98 Å². The van der Waals surface area contributed by atoms with Crippen molar-refractivity contribution < 1.29 is 8.78 Å². The molecule has 90 valence electrons. The molecule has 0 saturated carbocycles. The molecule has 0 saturated heterocycles. The molecule has 0 amide bonds. The summed E-state index contributed by atoms with van der Waals surface area (Å²) in [5.74, 6) is 0. The Morgan fingerprint density at radius 1 is 1.41 bits per heavy atom. The molecule has 0 fully saturated rings. The summed E-state index contributed by atoms with van der Waals surface area (Å²) < 4.78 is 25.7.